The maximum absolute atomic E-state index is 11.8. The summed E-state index contributed by atoms with van der Waals surface area (Å²) in [5.74, 6) is 0.893. The van der Waals surface area contributed by atoms with Crippen LogP contribution < -0.4 is 10.6 Å². The topological polar surface area (TPSA) is 59.0 Å². The van der Waals surface area contributed by atoms with Crippen LogP contribution in [0.2, 0.25) is 0 Å². The van der Waals surface area contributed by atoms with E-state index in [4.69, 9.17) is 0 Å². The van der Waals surface area contributed by atoms with Gasteiger partial charge in [0, 0.05) is 17.9 Å². The molecule has 2 N–H and O–H groups in total. The molecule has 0 aromatic carbocycles. The van der Waals surface area contributed by atoms with E-state index in [9.17, 15) is 4.79 Å². The number of rotatable bonds is 5. The Morgan fingerprint density at radius 2 is 2.18 bits per heavy atom. The van der Waals surface area contributed by atoms with Crippen LogP contribution in [0.5, 0.6) is 0 Å². The molecule has 1 aromatic heterocycles. The van der Waals surface area contributed by atoms with Crippen LogP contribution in [0, 0.1) is 0 Å². The van der Waals surface area contributed by atoms with Gasteiger partial charge in [-0.25, -0.2) is 4.98 Å². The highest BCUT2D eigenvalue weighted by Gasteiger charge is 2.14. The third-order valence-electron chi connectivity index (χ3n) is 2.16. The molecule has 5 heteroatoms. The highest BCUT2D eigenvalue weighted by atomic mass is 16.2. The molecule has 0 spiro atoms. The Hall–Kier alpha value is -1.36. The standard InChI is InChI=1S/C12H22N4O/c1-5-13-8-10-14-6-7-16(10)9-11(17)15-12(2,3)4/h6-7,13H,5,8-9H2,1-4H3,(H,15,17). The second-order valence-electron chi connectivity index (χ2n) is 5.05. The summed E-state index contributed by atoms with van der Waals surface area (Å²) in [4.78, 5) is 16.0. The Bertz CT molecular complexity index is 365. The minimum absolute atomic E-state index is 0.00764. The fourth-order valence-electron chi connectivity index (χ4n) is 1.50. The quantitative estimate of drug-likeness (QED) is 0.801. The fraction of sp³-hybridized carbons (Fsp3) is 0.667. The molecule has 0 saturated carbocycles. The second kappa shape index (κ2) is 5.82. The van der Waals surface area contributed by atoms with E-state index in [0.29, 0.717) is 13.1 Å². The van der Waals surface area contributed by atoms with Crippen LogP contribution in [0.4, 0.5) is 0 Å². The number of imidazole rings is 1. The second-order valence-corrected chi connectivity index (χ2v) is 5.05. The van der Waals surface area contributed by atoms with Gasteiger partial charge in [0.2, 0.25) is 5.91 Å². The van der Waals surface area contributed by atoms with Crippen molar-refractivity contribution < 1.29 is 4.79 Å². The summed E-state index contributed by atoms with van der Waals surface area (Å²) in [5.41, 5.74) is -0.195. The van der Waals surface area contributed by atoms with Crippen molar-refractivity contribution in [3.63, 3.8) is 0 Å². The van der Waals surface area contributed by atoms with E-state index >= 15 is 0 Å². The Kier molecular flexibility index (Phi) is 4.69. The molecule has 0 aliphatic carbocycles. The summed E-state index contributed by atoms with van der Waals surface area (Å²) in [6.07, 6.45) is 3.55. The first-order valence-corrected chi connectivity index (χ1v) is 5.94. The molecule has 1 aromatic rings. The van der Waals surface area contributed by atoms with Gasteiger partial charge in [-0.15, -0.1) is 0 Å². The number of carbonyl (C=O) groups excluding carboxylic acids is 1. The minimum atomic E-state index is -0.195. The van der Waals surface area contributed by atoms with Crippen molar-refractivity contribution in [1.82, 2.24) is 20.2 Å². The highest BCUT2D eigenvalue weighted by Crippen LogP contribution is 2.01. The highest BCUT2D eigenvalue weighted by molar-refractivity contribution is 5.76. The molecule has 0 fully saturated rings. The van der Waals surface area contributed by atoms with Gasteiger partial charge in [-0.05, 0) is 27.3 Å². The molecule has 1 amide bonds. The van der Waals surface area contributed by atoms with Crippen molar-refractivity contribution in [2.75, 3.05) is 6.54 Å². The molecular weight excluding hydrogens is 216 g/mol. The minimum Gasteiger partial charge on any atom is -0.350 e. The molecule has 96 valence electrons. The lowest BCUT2D eigenvalue weighted by molar-refractivity contribution is -0.123. The van der Waals surface area contributed by atoms with E-state index in [1.165, 1.54) is 0 Å². The smallest absolute Gasteiger partial charge is 0.240 e. The number of hydrogen-bond donors (Lipinski definition) is 2. The number of carbonyl (C=O) groups is 1. The van der Waals surface area contributed by atoms with Gasteiger partial charge in [-0.1, -0.05) is 6.92 Å². The van der Waals surface area contributed by atoms with Crippen LogP contribution in [0.15, 0.2) is 12.4 Å². The predicted octanol–water partition coefficient (Wildman–Crippen LogP) is 0.907. The van der Waals surface area contributed by atoms with E-state index in [1.54, 1.807) is 6.20 Å². The molecular formula is C12H22N4O. The first-order chi connectivity index (χ1) is 7.92. The molecule has 0 atom stereocenters. The molecule has 1 rings (SSSR count). The van der Waals surface area contributed by atoms with Gasteiger partial charge in [0.05, 0.1) is 6.54 Å². The summed E-state index contributed by atoms with van der Waals surface area (Å²) in [7, 11) is 0. The number of amides is 1. The van der Waals surface area contributed by atoms with Gasteiger partial charge in [0.25, 0.3) is 0 Å². The van der Waals surface area contributed by atoms with E-state index in [-0.39, 0.29) is 11.4 Å². The molecule has 0 aliphatic rings. The first kappa shape index (κ1) is 13.7. The Morgan fingerprint density at radius 1 is 1.47 bits per heavy atom. The average molecular weight is 238 g/mol. The Balaban J connectivity index is 2.56. The molecule has 0 aliphatic heterocycles. The molecule has 5 nitrogen and oxygen atoms in total. The summed E-state index contributed by atoms with van der Waals surface area (Å²) in [6.45, 7) is 9.85. The van der Waals surface area contributed by atoms with E-state index in [0.717, 1.165) is 12.4 Å². The van der Waals surface area contributed by atoms with E-state index < -0.39 is 0 Å². The number of nitrogens with zero attached hydrogens (tertiary/aromatic N) is 2. The maximum atomic E-state index is 11.8. The lowest BCUT2D eigenvalue weighted by Crippen LogP contribution is -2.42. The van der Waals surface area contributed by atoms with Crippen molar-refractivity contribution in [3.05, 3.63) is 18.2 Å². The molecule has 0 bridgehead atoms. The summed E-state index contributed by atoms with van der Waals surface area (Å²) < 4.78 is 1.86. The summed E-state index contributed by atoms with van der Waals surface area (Å²) in [6, 6.07) is 0. The van der Waals surface area contributed by atoms with Gasteiger partial charge in [0.15, 0.2) is 0 Å². The molecule has 1 heterocycles. The summed E-state index contributed by atoms with van der Waals surface area (Å²) >= 11 is 0. The largest absolute Gasteiger partial charge is 0.350 e. The van der Waals surface area contributed by atoms with Crippen molar-refractivity contribution in [2.24, 2.45) is 0 Å². The zero-order valence-electron chi connectivity index (χ0n) is 11.1. The van der Waals surface area contributed by atoms with E-state index in [1.807, 2.05) is 38.5 Å². The summed E-state index contributed by atoms with van der Waals surface area (Å²) in [5, 5.41) is 6.13. The van der Waals surface area contributed by atoms with Crippen LogP contribution in [-0.4, -0.2) is 27.5 Å². The Labute approximate surface area is 103 Å². The third-order valence-corrected chi connectivity index (χ3v) is 2.16. The predicted molar refractivity (Wildman–Crippen MR) is 67.5 cm³/mol. The average Bonchev–Trinajstić information content (AvgIpc) is 2.59. The zero-order valence-corrected chi connectivity index (χ0v) is 11.1. The van der Waals surface area contributed by atoms with Crippen LogP contribution in [-0.2, 0) is 17.9 Å². The van der Waals surface area contributed by atoms with Gasteiger partial charge in [-0.3, -0.25) is 4.79 Å². The number of nitrogens with one attached hydrogen (secondary N) is 2. The Morgan fingerprint density at radius 3 is 2.76 bits per heavy atom. The van der Waals surface area contributed by atoms with Gasteiger partial charge in [-0.2, -0.15) is 0 Å². The molecule has 17 heavy (non-hydrogen) atoms. The molecule has 0 unspecified atom stereocenters. The van der Waals surface area contributed by atoms with Crippen LogP contribution in [0.3, 0.4) is 0 Å². The van der Waals surface area contributed by atoms with Gasteiger partial charge >= 0.3 is 0 Å². The van der Waals surface area contributed by atoms with Gasteiger partial charge < -0.3 is 15.2 Å². The third kappa shape index (κ3) is 4.99. The lowest BCUT2D eigenvalue weighted by Gasteiger charge is -2.21. The van der Waals surface area contributed by atoms with Crippen molar-refractivity contribution in [2.45, 2.75) is 46.3 Å². The van der Waals surface area contributed by atoms with Gasteiger partial charge in [0.1, 0.15) is 12.4 Å². The maximum Gasteiger partial charge on any atom is 0.240 e. The zero-order chi connectivity index (χ0) is 12.9. The SMILES string of the molecule is CCNCc1nccn1CC(=O)NC(C)(C)C. The van der Waals surface area contributed by atoms with Crippen molar-refractivity contribution in [3.8, 4) is 0 Å². The van der Waals surface area contributed by atoms with Crippen LogP contribution in [0.25, 0.3) is 0 Å². The normalized spacial score (nSPS) is 11.5. The number of hydrogen-bond acceptors (Lipinski definition) is 3. The van der Waals surface area contributed by atoms with Crippen LogP contribution in [0.1, 0.15) is 33.5 Å². The van der Waals surface area contributed by atoms with Crippen molar-refractivity contribution >= 4 is 5.91 Å². The molecule has 0 radical (unpaired) electrons. The first-order valence-electron chi connectivity index (χ1n) is 5.94. The van der Waals surface area contributed by atoms with Crippen LogP contribution >= 0.6 is 0 Å². The number of aromatic nitrogens is 2. The fourth-order valence-corrected chi connectivity index (χ4v) is 1.50. The van der Waals surface area contributed by atoms with Crippen molar-refractivity contribution in [1.29, 1.82) is 0 Å². The lowest BCUT2D eigenvalue weighted by atomic mass is 10.1. The van der Waals surface area contributed by atoms with E-state index in [2.05, 4.69) is 15.6 Å². The monoisotopic (exact) mass is 238 g/mol. The molecule has 0 saturated heterocycles.